The highest BCUT2D eigenvalue weighted by Crippen LogP contribution is 2.38. The number of nitrogens with one attached hydrogen (secondary N) is 1. The Morgan fingerprint density at radius 1 is 0.640 bits per heavy atom. The summed E-state index contributed by atoms with van der Waals surface area (Å²) in [6.45, 7) is 35.8. The lowest BCUT2D eigenvalue weighted by Crippen LogP contribution is -2.50. The van der Waals surface area contributed by atoms with Gasteiger partial charge in [-0.05, 0) is 61.3 Å². The molecule has 0 aromatic rings. The van der Waals surface area contributed by atoms with Crippen LogP contribution in [0.2, 0.25) is 54.4 Å². The maximum atomic E-state index is 13.9. The molecule has 3 amide bonds. The predicted molar refractivity (Wildman–Crippen MR) is 210 cm³/mol. The quantitative estimate of drug-likeness (QED) is 0.113. The molecule has 2 N–H and O–H groups in total. The number of amides is 3. The first kappa shape index (κ1) is 48.4. The van der Waals surface area contributed by atoms with Crippen molar-refractivity contribution >= 4 is 48.6 Å². The van der Waals surface area contributed by atoms with Gasteiger partial charge in [-0.25, -0.2) is 4.79 Å². The van der Waals surface area contributed by atoms with Gasteiger partial charge in [0.2, 0.25) is 17.7 Å². The minimum atomic E-state index is -2.11. The van der Waals surface area contributed by atoms with Crippen LogP contribution in [0, 0.1) is 0 Å². The number of aliphatic carboxylic acids is 1. The molecule has 15 heteroatoms. The Balaban J connectivity index is 5.97. The molecule has 1 atom stereocenters. The number of hydrogen-bond donors (Lipinski definition) is 2. The Morgan fingerprint density at radius 3 is 1.44 bits per heavy atom. The van der Waals surface area contributed by atoms with E-state index in [0.717, 1.165) is 0 Å². The summed E-state index contributed by atoms with van der Waals surface area (Å²) < 4.78 is 19.0. The summed E-state index contributed by atoms with van der Waals surface area (Å²) in [5.41, 5.74) is 0. The molecule has 0 rings (SSSR count). The molecule has 0 aliphatic heterocycles. The number of likely N-dealkylation sites (N-methyl/N-ethyl adjacent to an activating group) is 1. The van der Waals surface area contributed by atoms with Gasteiger partial charge in [0.05, 0.1) is 26.3 Å². The molecule has 12 nitrogen and oxygen atoms in total. The zero-order valence-corrected chi connectivity index (χ0v) is 37.8. The van der Waals surface area contributed by atoms with Crippen LogP contribution in [-0.2, 0) is 32.5 Å². The lowest BCUT2D eigenvalue weighted by molar-refractivity contribution is -0.148. The molecular formula is C35H74N4O8Si3. The average Bonchev–Trinajstić information content (AvgIpc) is 2.94. The first-order chi connectivity index (χ1) is 22.4. The first-order valence-electron chi connectivity index (χ1n) is 18.0. The molecule has 0 radical (unpaired) electrons. The fourth-order valence-electron chi connectivity index (χ4n) is 3.86. The number of carbonyl (C=O) groups is 4. The van der Waals surface area contributed by atoms with Gasteiger partial charge >= 0.3 is 5.97 Å². The molecule has 0 fully saturated rings. The van der Waals surface area contributed by atoms with Crippen molar-refractivity contribution in [3.05, 3.63) is 0 Å². The molecule has 0 aliphatic rings. The highest BCUT2D eigenvalue weighted by atomic mass is 28.4. The second kappa shape index (κ2) is 19.4. The van der Waals surface area contributed by atoms with Crippen LogP contribution in [0.15, 0.2) is 0 Å². The molecule has 0 spiro atoms. The van der Waals surface area contributed by atoms with E-state index in [1.54, 1.807) is 4.90 Å². The standard InChI is InChI=1S/C35H74N4O8Si3/c1-28(32(43)44)37(11)29(40)18-20-38(21-24-46-49(14,15)34(5,6)7)31(42)27-39(22-25-47-50(16,17)35(8,9)10)30(41)26-36-19-23-45-48(12,13)33(2,3)4/h28,36H,18-27H2,1-17H3,(H,43,44). The smallest absolute Gasteiger partial charge is 0.326 e. The van der Waals surface area contributed by atoms with Gasteiger partial charge in [-0.3, -0.25) is 14.4 Å². The van der Waals surface area contributed by atoms with E-state index >= 15 is 0 Å². The van der Waals surface area contributed by atoms with Gasteiger partial charge in [-0.2, -0.15) is 0 Å². The highest BCUT2D eigenvalue weighted by molar-refractivity contribution is 6.74. The molecule has 1 unspecified atom stereocenters. The fourth-order valence-corrected chi connectivity index (χ4v) is 6.98. The van der Waals surface area contributed by atoms with Crippen LogP contribution in [0.5, 0.6) is 0 Å². The summed E-state index contributed by atoms with van der Waals surface area (Å²) in [6.07, 6.45) is -0.0574. The van der Waals surface area contributed by atoms with E-state index in [2.05, 4.69) is 107 Å². The van der Waals surface area contributed by atoms with E-state index in [-0.39, 0.29) is 78.6 Å². The van der Waals surface area contributed by atoms with Crippen molar-refractivity contribution in [1.82, 2.24) is 20.0 Å². The predicted octanol–water partition coefficient (Wildman–Crippen LogP) is 5.62. The Morgan fingerprint density at radius 2 is 1.04 bits per heavy atom. The van der Waals surface area contributed by atoms with Crippen LogP contribution in [0.4, 0.5) is 0 Å². The minimum Gasteiger partial charge on any atom is -0.480 e. The van der Waals surface area contributed by atoms with E-state index in [1.165, 1.54) is 23.8 Å². The number of rotatable bonds is 21. The molecule has 0 aliphatic carbocycles. The summed E-state index contributed by atoms with van der Waals surface area (Å²) in [5.74, 6) is -2.03. The van der Waals surface area contributed by atoms with Gasteiger partial charge in [0, 0.05) is 46.3 Å². The van der Waals surface area contributed by atoms with E-state index in [0.29, 0.717) is 19.8 Å². The van der Waals surface area contributed by atoms with E-state index < -0.39 is 37.0 Å². The van der Waals surface area contributed by atoms with Crippen LogP contribution in [-0.4, -0.2) is 141 Å². The number of hydrogen-bond acceptors (Lipinski definition) is 8. The van der Waals surface area contributed by atoms with Crippen molar-refractivity contribution in [2.24, 2.45) is 0 Å². The normalized spacial score (nSPS) is 13.9. The van der Waals surface area contributed by atoms with E-state index in [1.807, 2.05) is 0 Å². The Hall–Kier alpha value is -1.63. The zero-order chi connectivity index (χ0) is 39.5. The lowest BCUT2D eigenvalue weighted by Gasteiger charge is -2.37. The summed E-state index contributed by atoms with van der Waals surface area (Å²) in [7, 11) is -4.69. The van der Waals surface area contributed by atoms with Crippen LogP contribution in [0.1, 0.15) is 75.7 Å². The summed E-state index contributed by atoms with van der Waals surface area (Å²) in [5, 5.41) is 12.6. The molecule has 294 valence electrons. The Labute approximate surface area is 307 Å². The monoisotopic (exact) mass is 762 g/mol. The minimum absolute atomic E-state index is 0.0118. The third-order valence-corrected chi connectivity index (χ3v) is 24.7. The second-order valence-corrected chi connectivity index (χ2v) is 32.4. The SMILES string of the molecule is CC(C(=O)O)N(C)C(=O)CCN(CCO[Si](C)(C)C(C)(C)C)C(=O)CN(CCO[Si](C)(C)C(C)(C)C)C(=O)CNCCO[Si](C)(C)C(C)(C)C. The van der Waals surface area contributed by atoms with Crippen molar-refractivity contribution in [3.8, 4) is 0 Å². The maximum absolute atomic E-state index is 13.9. The van der Waals surface area contributed by atoms with Gasteiger partial charge in [0.1, 0.15) is 6.04 Å². The zero-order valence-electron chi connectivity index (χ0n) is 34.8. The number of carboxylic acids is 1. The van der Waals surface area contributed by atoms with E-state index in [9.17, 15) is 24.3 Å². The molecule has 0 saturated carbocycles. The Bertz CT molecular complexity index is 1110. The Kier molecular flexibility index (Phi) is 18.8. The molecule has 0 bridgehead atoms. The van der Waals surface area contributed by atoms with Crippen molar-refractivity contribution in [2.45, 2.75) is 136 Å². The molecule has 0 aromatic heterocycles. The molecule has 0 heterocycles. The number of carboxylic acid groups (broad SMARTS) is 1. The molecule has 0 aromatic carbocycles. The van der Waals surface area contributed by atoms with E-state index in [4.69, 9.17) is 13.3 Å². The third-order valence-electron chi connectivity index (χ3n) is 11.0. The van der Waals surface area contributed by atoms with Crippen LogP contribution < -0.4 is 5.32 Å². The topological polar surface area (TPSA) is 138 Å². The fraction of sp³-hybridized carbons (Fsp3) is 0.886. The van der Waals surface area contributed by atoms with Gasteiger partial charge in [0.15, 0.2) is 25.0 Å². The number of carbonyl (C=O) groups excluding carboxylic acids is 3. The summed E-state index contributed by atoms with van der Waals surface area (Å²) in [6, 6.07) is -0.998. The highest BCUT2D eigenvalue weighted by Gasteiger charge is 2.39. The van der Waals surface area contributed by atoms with Crippen molar-refractivity contribution in [3.63, 3.8) is 0 Å². The van der Waals surface area contributed by atoms with Crippen molar-refractivity contribution in [1.29, 1.82) is 0 Å². The molecular weight excluding hydrogens is 689 g/mol. The summed E-state index contributed by atoms with van der Waals surface area (Å²) >= 11 is 0. The lowest BCUT2D eigenvalue weighted by atomic mass is 10.2. The van der Waals surface area contributed by atoms with Crippen molar-refractivity contribution < 1.29 is 37.6 Å². The maximum Gasteiger partial charge on any atom is 0.326 e. The van der Waals surface area contributed by atoms with Crippen LogP contribution >= 0.6 is 0 Å². The largest absolute Gasteiger partial charge is 0.480 e. The van der Waals surface area contributed by atoms with Crippen LogP contribution in [0.3, 0.4) is 0 Å². The molecule has 0 saturated heterocycles. The molecule has 50 heavy (non-hydrogen) atoms. The number of nitrogens with zero attached hydrogens (tertiary/aromatic N) is 3. The average molecular weight is 763 g/mol. The van der Waals surface area contributed by atoms with Crippen LogP contribution in [0.25, 0.3) is 0 Å². The third kappa shape index (κ3) is 15.9. The van der Waals surface area contributed by atoms with Gasteiger partial charge < -0.3 is 38.4 Å². The summed E-state index contributed by atoms with van der Waals surface area (Å²) in [4.78, 5) is 56.2. The van der Waals surface area contributed by atoms with Gasteiger partial charge in [-0.15, -0.1) is 0 Å². The van der Waals surface area contributed by atoms with Gasteiger partial charge in [-0.1, -0.05) is 62.3 Å². The van der Waals surface area contributed by atoms with Crippen molar-refractivity contribution in [2.75, 3.05) is 66.1 Å². The van der Waals surface area contributed by atoms with Gasteiger partial charge in [0.25, 0.3) is 0 Å². The first-order valence-corrected chi connectivity index (χ1v) is 26.8. The second-order valence-electron chi connectivity index (χ2n) is 18.0.